The van der Waals surface area contributed by atoms with Crippen molar-refractivity contribution in [2.24, 2.45) is 5.73 Å². The molecule has 3 heteroatoms. The molecule has 2 N–H and O–H groups in total. The largest absolute Gasteiger partial charge is 0.321 e. The zero-order valence-corrected chi connectivity index (χ0v) is 13.2. The molecule has 2 atom stereocenters. The van der Waals surface area contributed by atoms with Gasteiger partial charge < -0.3 is 5.73 Å². The van der Waals surface area contributed by atoms with Crippen LogP contribution >= 0.6 is 15.9 Å². The molecule has 0 fully saturated rings. The highest BCUT2D eigenvalue weighted by molar-refractivity contribution is 9.10. The van der Waals surface area contributed by atoms with Crippen LogP contribution in [0.2, 0.25) is 0 Å². The zero-order valence-electron chi connectivity index (χ0n) is 11.6. The molecule has 0 bridgehead atoms. The predicted molar refractivity (Wildman–Crippen MR) is 85.6 cm³/mol. The summed E-state index contributed by atoms with van der Waals surface area (Å²) in [7, 11) is 0. The number of rotatable bonds is 2. The minimum Gasteiger partial charge on any atom is -0.321 e. The number of fused-ring (bicyclic) bond motifs is 1. The number of aromatic nitrogens is 1. The van der Waals surface area contributed by atoms with Crippen molar-refractivity contribution in [3.8, 4) is 0 Å². The van der Waals surface area contributed by atoms with Gasteiger partial charge in [-0.3, -0.25) is 4.98 Å². The lowest BCUT2D eigenvalue weighted by Crippen LogP contribution is -2.41. The lowest BCUT2D eigenvalue weighted by atomic mass is 9.72. The average molecular weight is 331 g/mol. The van der Waals surface area contributed by atoms with Gasteiger partial charge in [0, 0.05) is 27.8 Å². The summed E-state index contributed by atoms with van der Waals surface area (Å²) >= 11 is 3.48. The number of nitrogens with two attached hydrogens (primary N) is 1. The molecule has 1 aromatic carbocycles. The molecule has 0 saturated carbocycles. The molecule has 20 heavy (non-hydrogen) atoms. The first kappa shape index (κ1) is 13.8. The van der Waals surface area contributed by atoms with Gasteiger partial charge in [-0.25, -0.2) is 0 Å². The van der Waals surface area contributed by atoms with Crippen LogP contribution in [-0.4, -0.2) is 4.98 Å². The lowest BCUT2D eigenvalue weighted by Gasteiger charge is -2.37. The molecule has 2 nitrogen and oxygen atoms in total. The van der Waals surface area contributed by atoms with E-state index in [4.69, 9.17) is 5.73 Å². The Bertz CT molecular complexity index is 605. The second kappa shape index (κ2) is 5.30. The second-order valence-electron chi connectivity index (χ2n) is 5.78. The third kappa shape index (κ3) is 2.40. The zero-order chi connectivity index (χ0) is 14.2. The Morgan fingerprint density at radius 2 is 2.00 bits per heavy atom. The van der Waals surface area contributed by atoms with E-state index in [1.807, 2.05) is 12.3 Å². The van der Waals surface area contributed by atoms with E-state index in [1.165, 1.54) is 23.2 Å². The number of nitrogens with zero attached hydrogens (tertiary/aromatic N) is 1. The number of aryl methyl sites for hydroxylation is 1. The van der Waals surface area contributed by atoms with Gasteiger partial charge in [-0.2, -0.15) is 0 Å². The minimum atomic E-state index is -0.385. The maximum atomic E-state index is 6.72. The number of benzene rings is 1. The summed E-state index contributed by atoms with van der Waals surface area (Å²) in [5.41, 5.74) is 10.1. The van der Waals surface area contributed by atoms with Gasteiger partial charge in [0.05, 0.1) is 0 Å². The van der Waals surface area contributed by atoms with Crippen molar-refractivity contribution >= 4 is 15.9 Å². The highest BCUT2D eigenvalue weighted by atomic mass is 79.9. The van der Waals surface area contributed by atoms with E-state index < -0.39 is 0 Å². The van der Waals surface area contributed by atoms with Crippen LogP contribution in [-0.2, 0) is 12.0 Å². The average Bonchev–Trinajstić information content (AvgIpc) is 2.47. The van der Waals surface area contributed by atoms with Crippen LogP contribution in [0.3, 0.4) is 0 Å². The molecule has 1 heterocycles. The van der Waals surface area contributed by atoms with Crippen molar-refractivity contribution in [1.82, 2.24) is 4.98 Å². The van der Waals surface area contributed by atoms with Gasteiger partial charge in [-0.1, -0.05) is 34.1 Å². The molecule has 0 saturated heterocycles. The van der Waals surface area contributed by atoms with Gasteiger partial charge in [-0.15, -0.1) is 0 Å². The Morgan fingerprint density at radius 3 is 2.75 bits per heavy atom. The van der Waals surface area contributed by atoms with Crippen molar-refractivity contribution in [3.63, 3.8) is 0 Å². The van der Waals surface area contributed by atoms with E-state index in [0.717, 1.165) is 17.3 Å². The summed E-state index contributed by atoms with van der Waals surface area (Å²) in [6.07, 6.45) is 5.30. The summed E-state index contributed by atoms with van der Waals surface area (Å²) in [6, 6.07) is 12.6. The van der Waals surface area contributed by atoms with Crippen LogP contribution in [0.4, 0.5) is 0 Å². The molecular weight excluding hydrogens is 312 g/mol. The monoisotopic (exact) mass is 330 g/mol. The van der Waals surface area contributed by atoms with Gasteiger partial charge in [0.2, 0.25) is 0 Å². The first-order valence-electron chi connectivity index (χ1n) is 7.08. The Labute approximate surface area is 128 Å². The van der Waals surface area contributed by atoms with Crippen LogP contribution in [0.1, 0.15) is 42.5 Å². The van der Waals surface area contributed by atoms with Crippen molar-refractivity contribution in [2.75, 3.05) is 0 Å². The van der Waals surface area contributed by atoms with Gasteiger partial charge in [0.1, 0.15) is 0 Å². The maximum Gasteiger partial charge on any atom is 0.0488 e. The summed E-state index contributed by atoms with van der Waals surface area (Å²) < 4.78 is 1.08. The van der Waals surface area contributed by atoms with Gasteiger partial charge in [0.25, 0.3) is 0 Å². The Hall–Kier alpha value is -1.19. The predicted octanol–water partition coefficient (Wildman–Crippen LogP) is 4.14. The third-order valence-corrected chi connectivity index (χ3v) is 4.91. The van der Waals surface area contributed by atoms with E-state index in [9.17, 15) is 0 Å². The number of pyridine rings is 1. The molecule has 0 radical (unpaired) electrons. The highest BCUT2D eigenvalue weighted by Gasteiger charge is 2.36. The molecule has 0 amide bonds. The SMILES string of the molecule is CC(N)(c1ccc(Br)cc1)C1CCCc2cccnc21. The van der Waals surface area contributed by atoms with E-state index >= 15 is 0 Å². The first-order valence-corrected chi connectivity index (χ1v) is 7.87. The van der Waals surface area contributed by atoms with E-state index in [0.29, 0.717) is 0 Å². The topological polar surface area (TPSA) is 38.9 Å². The molecule has 3 rings (SSSR count). The van der Waals surface area contributed by atoms with Crippen LogP contribution in [0.5, 0.6) is 0 Å². The Kier molecular flexibility index (Phi) is 3.65. The maximum absolute atomic E-state index is 6.72. The molecule has 2 unspecified atom stereocenters. The Morgan fingerprint density at radius 1 is 1.25 bits per heavy atom. The fourth-order valence-corrected chi connectivity index (χ4v) is 3.47. The molecule has 1 aliphatic carbocycles. The van der Waals surface area contributed by atoms with Crippen molar-refractivity contribution in [2.45, 2.75) is 37.6 Å². The fourth-order valence-electron chi connectivity index (χ4n) is 3.20. The molecule has 0 aliphatic heterocycles. The number of halogens is 1. The third-order valence-electron chi connectivity index (χ3n) is 4.39. The fraction of sp³-hybridized carbons (Fsp3) is 0.353. The van der Waals surface area contributed by atoms with Gasteiger partial charge >= 0.3 is 0 Å². The van der Waals surface area contributed by atoms with Crippen molar-refractivity contribution < 1.29 is 0 Å². The molecule has 2 aromatic rings. The standard InChI is InChI=1S/C17H19BrN2/c1-17(19,13-7-9-14(18)10-8-13)15-6-2-4-12-5-3-11-20-16(12)15/h3,5,7-11,15H,2,4,6,19H2,1H3. The number of hydrogen-bond acceptors (Lipinski definition) is 2. The number of hydrogen-bond donors (Lipinski definition) is 1. The quantitative estimate of drug-likeness (QED) is 0.898. The van der Waals surface area contributed by atoms with Crippen LogP contribution in [0.15, 0.2) is 47.1 Å². The summed E-state index contributed by atoms with van der Waals surface area (Å²) in [5, 5.41) is 0. The molecule has 0 spiro atoms. The Balaban J connectivity index is 2.02. The van der Waals surface area contributed by atoms with Crippen LogP contribution in [0.25, 0.3) is 0 Å². The normalized spacial score (nSPS) is 21.1. The van der Waals surface area contributed by atoms with Gasteiger partial charge in [0.15, 0.2) is 0 Å². The first-order chi connectivity index (χ1) is 9.59. The van der Waals surface area contributed by atoms with Crippen molar-refractivity contribution in [1.29, 1.82) is 0 Å². The minimum absolute atomic E-state index is 0.286. The van der Waals surface area contributed by atoms with Crippen LogP contribution < -0.4 is 5.73 Å². The van der Waals surface area contributed by atoms with E-state index in [2.05, 4.69) is 58.2 Å². The van der Waals surface area contributed by atoms with E-state index in [-0.39, 0.29) is 11.5 Å². The second-order valence-corrected chi connectivity index (χ2v) is 6.70. The van der Waals surface area contributed by atoms with Crippen molar-refractivity contribution in [3.05, 3.63) is 63.9 Å². The van der Waals surface area contributed by atoms with Crippen LogP contribution in [0, 0.1) is 0 Å². The van der Waals surface area contributed by atoms with E-state index in [1.54, 1.807) is 0 Å². The van der Waals surface area contributed by atoms with Gasteiger partial charge in [-0.05, 0) is 55.5 Å². The summed E-state index contributed by atoms with van der Waals surface area (Å²) in [5.74, 6) is 0.286. The highest BCUT2D eigenvalue weighted by Crippen LogP contribution is 2.41. The lowest BCUT2D eigenvalue weighted by molar-refractivity contribution is 0.341. The smallest absolute Gasteiger partial charge is 0.0488 e. The molecule has 104 valence electrons. The summed E-state index contributed by atoms with van der Waals surface area (Å²) in [6.45, 7) is 2.13. The molecule has 1 aliphatic rings. The molecular formula is C17H19BrN2. The molecule has 1 aromatic heterocycles. The summed E-state index contributed by atoms with van der Waals surface area (Å²) in [4.78, 5) is 4.62.